The molecule has 7 heteroatoms. The predicted octanol–water partition coefficient (Wildman–Crippen LogP) is 4.37. The number of fused-ring (bicyclic) bond motifs is 1. The van der Waals surface area contributed by atoms with E-state index in [2.05, 4.69) is 51.6 Å². The van der Waals surface area contributed by atoms with Crippen molar-refractivity contribution in [2.75, 3.05) is 33.7 Å². The number of aromatic nitrogens is 1. The number of likely N-dealkylation sites (tertiary alicyclic amines) is 1. The van der Waals surface area contributed by atoms with Crippen LogP contribution in [0.4, 0.5) is 0 Å². The molecule has 3 heterocycles. The minimum Gasteiger partial charge on any atom is -0.459 e. The van der Waals surface area contributed by atoms with Crippen molar-refractivity contribution in [3.8, 4) is 0 Å². The third-order valence-corrected chi connectivity index (χ3v) is 7.03. The Morgan fingerprint density at radius 3 is 2.84 bits per heavy atom. The van der Waals surface area contributed by atoms with Crippen LogP contribution in [0.1, 0.15) is 36.2 Å². The highest BCUT2D eigenvalue weighted by Crippen LogP contribution is 2.21. The van der Waals surface area contributed by atoms with Crippen molar-refractivity contribution in [2.45, 2.75) is 39.3 Å². The lowest BCUT2D eigenvalue weighted by atomic mass is 9.97. The first-order chi connectivity index (χ1) is 15.1. The van der Waals surface area contributed by atoms with E-state index in [0.717, 1.165) is 55.3 Å². The van der Waals surface area contributed by atoms with E-state index in [1.165, 1.54) is 23.5 Å². The zero-order valence-electron chi connectivity index (χ0n) is 18.8. The molecule has 6 nitrogen and oxygen atoms in total. The van der Waals surface area contributed by atoms with Gasteiger partial charge in [-0.2, -0.15) is 0 Å². The smallest absolute Gasteiger partial charge is 0.193 e. The maximum atomic E-state index is 5.96. The van der Waals surface area contributed by atoms with Gasteiger partial charge in [0.2, 0.25) is 0 Å². The minimum atomic E-state index is 0.675. The molecule has 0 radical (unpaired) electrons. The Balaban J connectivity index is 1.22. The first-order valence-electron chi connectivity index (χ1n) is 11.2. The third-order valence-electron chi connectivity index (χ3n) is 5.99. The molecule has 0 amide bonds. The molecule has 1 N–H and O–H groups in total. The second-order valence-corrected chi connectivity index (χ2v) is 9.28. The summed E-state index contributed by atoms with van der Waals surface area (Å²) >= 11 is 1.78. The van der Waals surface area contributed by atoms with Crippen molar-refractivity contribution >= 4 is 28.3 Å². The van der Waals surface area contributed by atoms with Crippen molar-refractivity contribution in [3.63, 3.8) is 0 Å². The van der Waals surface area contributed by atoms with Gasteiger partial charge in [0.15, 0.2) is 5.96 Å². The van der Waals surface area contributed by atoms with Crippen molar-refractivity contribution < 1.29 is 4.42 Å². The van der Waals surface area contributed by atoms with Crippen molar-refractivity contribution in [2.24, 2.45) is 10.9 Å². The van der Waals surface area contributed by atoms with Crippen LogP contribution in [-0.4, -0.2) is 54.5 Å². The molecular weight excluding hydrogens is 406 g/mol. The zero-order chi connectivity index (χ0) is 21.6. The number of nitrogens with zero attached hydrogens (tertiary/aromatic N) is 4. The topological polar surface area (TPSA) is 56.9 Å². The van der Waals surface area contributed by atoms with E-state index in [4.69, 9.17) is 9.40 Å². The number of benzene rings is 1. The molecule has 0 unspecified atom stereocenters. The molecule has 3 aromatic rings. The Kier molecular flexibility index (Phi) is 7.25. The van der Waals surface area contributed by atoms with E-state index in [0.29, 0.717) is 12.5 Å². The van der Waals surface area contributed by atoms with Gasteiger partial charge in [0.05, 0.1) is 17.2 Å². The van der Waals surface area contributed by atoms with Crippen LogP contribution in [0, 0.1) is 5.92 Å². The van der Waals surface area contributed by atoms with Gasteiger partial charge in [0.1, 0.15) is 11.3 Å². The summed E-state index contributed by atoms with van der Waals surface area (Å²) in [7, 11) is 3.90. The molecule has 0 bridgehead atoms. The van der Waals surface area contributed by atoms with Crippen LogP contribution in [0.5, 0.6) is 0 Å². The Labute approximate surface area is 189 Å². The van der Waals surface area contributed by atoms with Gasteiger partial charge in [-0.25, -0.2) is 4.98 Å². The highest BCUT2D eigenvalue weighted by molar-refractivity contribution is 7.09. The molecule has 0 aliphatic carbocycles. The maximum absolute atomic E-state index is 5.96. The number of thiazole rings is 1. The van der Waals surface area contributed by atoms with E-state index in [1.807, 2.05) is 25.2 Å². The molecule has 4 rings (SSSR count). The SMILES string of the molecule is CCc1nc(CN2CCC(CNC(=NC)N(C)Cc3cc4ccccc4o3)CC2)cs1. The number of nitrogens with one attached hydrogen (secondary N) is 1. The number of hydrogen-bond acceptors (Lipinski definition) is 5. The molecule has 1 saturated heterocycles. The number of rotatable bonds is 7. The van der Waals surface area contributed by atoms with Gasteiger partial charge in [-0.15, -0.1) is 11.3 Å². The van der Waals surface area contributed by atoms with Crippen LogP contribution < -0.4 is 5.32 Å². The first kappa shape index (κ1) is 21.8. The van der Waals surface area contributed by atoms with Crippen LogP contribution in [0.2, 0.25) is 0 Å². The molecule has 0 atom stereocenters. The van der Waals surface area contributed by atoms with Gasteiger partial charge in [-0.1, -0.05) is 25.1 Å². The van der Waals surface area contributed by atoms with Crippen molar-refractivity contribution in [3.05, 3.63) is 52.2 Å². The van der Waals surface area contributed by atoms with Crippen molar-refractivity contribution in [1.82, 2.24) is 20.1 Å². The second kappa shape index (κ2) is 10.3. The molecule has 0 saturated carbocycles. The van der Waals surface area contributed by atoms with E-state index >= 15 is 0 Å². The van der Waals surface area contributed by atoms with Gasteiger partial charge in [-0.05, 0) is 50.4 Å². The van der Waals surface area contributed by atoms with Gasteiger partial charge >= 0.3 is 0 Å². The second-order valence-electron chi connectivity index (χ2n) is 8.34. The molecule has 166 valence electrons. The summed E-state index contributed by atoms with van der Waals surface area (Å²) < 4.78 is 5.96. The molecule has 31 heavy (non-hydrogen) atoms. The maximum Gasteiger partial charge on any atom is 0.193 e. The minimum absolute atomic E-state index is 0.675. The first-order valence-corrected chi connectivity index (χ1v) is 12.1. The van der Waals surface area contributed by atoms with Crippen molar-refractivity contribution in [1.29, 1.82) is 0 Å². The molecule has 1 aliphatic rings. The average molecular weight is 440 g/mol. The standard InChI is InChI=1S/C24H33N5OS/c1-4-23-27-20(17-31-23)15-29-11-9-18(10-12-29)14-26-24(25-2)28(3)16-21-13-19-7-5-6-8-22(19)30-21/h5-8,13,17-18H,4,9-12,14-16H2,1-3H3,(H,25,26). The van der Waals surface area contributed by atoms with E-state index in [1.54, 1.807) is 11.3 Å². The summed E-state index contributed by atoms with van der Waals surface area (Å²) in [5, 5.41) is 8.18. The summed E-state index contributed by atoms with van der Waals surface area (Å²) in [5.41, 5.74) is 2.16. The summed E-state index contributed by atoms with van der Waals surface area (Å²) in [6.45, 7) is 7.08. The number of aliphatic imine (C=N–C) groups is 1. The normalized spacial score (nSPS) is 16.2. The predicted molar refractivity (Wildman–Crippen MR) is 129 cm³/mol. The summed E-state index contributed by atoms with van der Waals surface area (Å²) in [6.07, 6.45) is 3.45. The summed E-state index contributed by atoms with van der Waals surface area (Å²) in [6, 6.07) is 10.2. The lowest BCUT2D eigenvalue weighted by Crippen LogP contribution is -2.43. The lowest BCUT2D eigenvalue weighted by Gasteiger charge is -2.32. The van der Waals surface area contributed by atoms with Gasteiger partial charge in [0.25, 0.3) is 0 Å². The Hall–Kier alpha value is -2.38. The van der Waals surface area contributed by atoms with Gasteiger partial charge in [-0.3, -0.25) is 9.89 Å². The van der Waals surface area contributed by atoms with Gasteiger partial charge in [0, 0.05) is 38.0 Å². The average Bonchev–Trinajstić information content (AvgIpc) is 3.41. The Morgan fingerprint density at radius 2 is 2.13 bits per heavy atom. The Morgan fingerprint density at radius 1 is 1.32 bits per heavy atom. The van der Waals surface area contributed by atoms with Gasteiger partial charge < -0.3 is 14.6 Å². The molecule has 2 aromatic heterocycles. The Bertz CT molecular complexity index is 969. The van der Waals surface area contributed by atoms with Crippen LogP contribution in [0.15, 0.2) is 45.1 Å². The van der Waals surface area contributed by atoms with Crippen LogP contribution >= 0.6 is 11.3 Å². The monoisotopic (exact) mass is 439 g/mol. The quantitative estimate of drug-likeness (QED) is 0.438. The highest BCUT2D eigenvalue weighted by atomic mass is 32.1. The fraction of sp³-hybridized carbons (Fsp3) is 0.500. The number of guanidine groups is 1. The van der Waals surface area contributed by atoms with E-state index < -0.39 is 0 Å². The van der Waals surface area contributed by atoms with E-state index in [9.17, 15) is 0 Å². The molecule has 1 aliphatic heterocycles. The number of piperidine rings is 1. The lowest BCUT2D eigenvalue weighted by molar-refractivity contribution is 0.176. The number of aryl methyl sites for hydroxylation is 1. The van der Waals surface area contributed by atoms with E-state index in [-0.39, 0.29) is 0 Å². The third kappa shape index (κ3) is 5.66. The zero-order valence-corrected chi connectivity index (χ0v) is 19.6. The molecular formula is C24H33N5OS. The van der Waals surface area contributed by atoms with Crippen LogP contribution in [-0.2, 0) is 19.5 Å². The number of para-hydroxylation sites is 1. The number of hydrogen-bond donors (Lipinski definition) is 1. The fourth-order valence-electron chi connectivity index (χ4n) is 4.21. The summed E-state index contributed by atoms with van der Waals surface area (Å²) in [5.74, 6) is 2.54. The largest absolute Gasteiger partial charge is 0.459 e. The number of furan rings is 1. The van der Waals surface area contributed by atoms with Crippen LogP contribution in [0.3, 0.4) is 0 Å². The van der Waals surface area contributed by atoms with Crippen LogP contribution in [0.25, 0.3) is 11.0 Å². The fourth-order valence-corrected chi connectivity index (χ4v) is 4.94. The molecule has 1 fully saturated rings. The highest BCUT2D eigenvalue weighted by Gasteiger charge is 2.21. The molecule has 0 spiro atoms. The molecule has 1 aromatic carbocycles. The summed E-state index contributed by atoms with van der Waals surface area (Å²) in [4.78, 5) is 13.9.